The summed E-state index contributed by atoms with van der Waals surface area (Å²) in [7, 11) is 1.59. The van der Waals surface area contributed by atoms with Gasteiger partial charge in [-0.2, -0.15) is 0 Å². The molecule has 0 saturated heterocycles. The number of ether oxygens (including phenoxy) is 2. The Balaban J connectivity index is 2.03. The van der Waals surface area contributed by atoms with Crippen molar-refractivity contribution in [2.45, 2.75) is 6.54 Å². The van der Waals surface area contributed by atoms with Gasteiger partial charge in [-0.05, 0) is 30.3 Å². The smallest absolute Gasteiger partial charge is 0.265 e. The van der Waals surface area contributed by atoms with Gasteiger partial charge in [-0.1, -0.05) is 23.7 Å². The molecule has 0 fully saturated rings. The van der Waals surface area contributed by atoms with E-state index >= 15 is 0 Å². The number of amides is 1. The van der Waals surface area contributed by atoms with E-state index in [1.54, 1.807) is 24.1 Å². The third-order valence-electron chi connectivity index (χ3n) is 3.38. The Labute approximate surface area is 127 Å². The van der Waals surface area contributed by atoms with E-state index in [0.29, 0.717) is 23.1 Å². The van der Waals surface area contributed by atoms with Crippen molar-refractivity contribution in [3.8, 4) is 11.5 Å². The molecule has 0 spiro atoms. The summed E-state index contributed by atoms with van der Waals surface area (Å²) in [6.45, 7) is 0.391. The summed E-state index contributed by atoms with van der Waals surface area (Å²) in [6.07, 6.45) is 0. The molecule has 0 N–H and O–H groups in total. The zero-order chi connectivity index (χ0) is 14.8. The maximum absolute atomic E-state index is 12.3. The maximum atomic E-state index is 12.3. The molecule has 0 radical (unpaired) electrons. The summed E-state index contributed by atoms with van der Waals surface area (Å²) in [4.78, 5) is 14.0. The molecular weight excluding hydrogens is 290 g/mol. The highest BCUT2D eigenvalue weighted by atomic mass is 35.5. The van der Waals surface area contributed by atoms with Gasteiger partial charge in [-0.15, -0.1) is 0 Å². The highest BCUT2D eigenvalue weighted by Crippen LogP contribution is 2.33. The lowest BCUT2D eigenvalue weighted by Gasteiger charge is -2.22. The number of hydrogen-bond donors (Lipinski definition) is 0. The van der Waals surface area contributed by atoms with Crippen LogP contribution in [-0.2, 0) is 11.3 Å². The van der Waals surface area contributed by atoms with Crippen LogP contribution in [0.1, 0.15) is 5.56 Å². The van der Waals surface area contributed by atoms with Gasteiger partial charge in [0.15, 0.2) is 6.61 Å². The van der Waals surface area contributed by atoms with Crippen LogP contribution in [0.15, 0.2) is 42.5 Å². The molecule has 3 rings (SSSR count). The second-order valence-electron chi connectivity index (χ2n) is 4.69. The monoisotopic (exact) mass is 303 g/mol. The second-order valence-corrected chi connectivity index (χ2v) is 5.13. The van der Waals surface area contributed by atoms with Gasteiger partial charge in [0.05, 0.1) is 19.3 Å². The molecule has 0 bridgehead atoms. The van der Waals surface area contributed by atoms with E-state index in [1.807, 2.05) is 30.3 Å². The first-order chi connectivity index (χ1) is 10.2. The fourth-order valence-corrected chi connectivity index (χ4v) is 2.56. The van der Waals surface area contributed by atoms with Gasteiger partial charge in [0.25, 0.3) is 5.91 Å². The van der Waals surface area contributed by atoms with Gasteiger partial charge in [0, 0.05) is 10.6 Å². The Hall–Kier alpha value is -2.20. The first-order valence-corrected chi connectivity index (χ1v) is 6.91. The van der Waals surface area contributed by atoms with Crippen molar-refractivity contribution in [2.24, 2.45) is 0 Å². The topological polar surface area (TPSA) is 38.8 Å². The Kier molecular flexibility index (Phi) is 3.71. The molecule has 0 aliphatic carbocycles. The average molecular weight is 304 g/mol. The number of hydrogen-bond acceptors (Lipinski definition) is 3. The molecule has 108 valence electrons. The van der Waals surface area contributed by atoms with Crippen molar-refractivity contribution in [1.82, 2.24) is 0 Å². The van der Waals surface area contributed by atoms with E-state index in [9.17, 15) is 4.79 Å². The largest absolute Gasteiger partial charge is 0.495 e. The van der Waals surface area contributed by atoms with E-state index in [1.165, 1.54) is 0 Å². The van der Waals surface area contributed by atoms with Crippen molar-refractivity contribution in [3.05, 3.63) is 53.1 Å². The zero-order valence-corrected chi connectivity index (χ0v) is 12.3. The van der Waals surface area contributed by atoms with E-state index in [2.05, 4.69) is 0 Å². The van der Waals surface area contributed by atoms with Crippen LogP contribution in [0.5, 0.6) is 11.5 Å². The first kappa shape index (κ1) is 13.8. The lowest BCUT2D eigenvalue weighted by molar-refractivity contribution is -0.120. The van der Waals surface area contributed by atoms with Crippen molar-refractivity contribution in [2.75, 3.05) is 18.6 Å². The predicted molar refractivity (Wildman–Crippen MR) is 81.1 cm³/mol. The number of methoxy groups -OCH3 is 1. The summed E-state index contributed by atoms with van der Waals surface area (Å²) in [6, 6.07) is 12.8. The van der Waals surface area contributed by atoms with Gasteiger partial charge in [0.2, 0.25) is 0 Å². The number of para-hydroxylation sites is 2. The van der Waals surface area contributed by atoms with Gasteiger partial charge < -0.3 is 14.4 Å². The number of rotatable bonds is 2. The number of carbonyl (C=O) groups is 1. The van der Waals surface area contributed by atoms with Gasteiger partial charge in [0.1, 0.15) is 11.5 Å². The lowest BCUT2D eigenvalue weighted by Crippen LogP contribution is -2.32. The van der Waals surface area contributed by atoms with Crippen molar-refractivity contribution in [3.63, 3.8) is 0 Å². The van der Waals surface area contributed by atoms with Crippen molar-refractivity contribution < 1.29 is 14.3 Å². The van der Waals surface area contributed by atoms with Crippen LogP contribution in [0, 0.1) is 0 Å². The third-order valence-corrected chi connectivity index (χ3v) is 3.61. The Morgan fingerprint density at radius 2 is 2.05 bits per heavy atom. The van der Waals surface area contributed by atoms with E-state index in [-0.39, 0.29) is 12.5 Å². The van der Waals surface area contributed by atoms with Crippen LogP contribution in [0.3, 0.4) is 0 Å². The van der Waals surface area contributed by atoms with Crippen LogP contribution >= 0.6 is 11.6 Å². The molecule has 0 saturated carbocycles. The van der Waals surface area contributed by atoms with Crippen molar-refractivity contribution in [1.29, 1.82) is 0 Å². The molecule has 21 heavy (non-hydrogen) atoms. The molecule has 2 aromatic carbocycles. The zero-order valence-electron chi connectivity index (χ0n) is 11.5. The highest BCUT2D eigenvalue weighted by molar-refractivity contribution is 6.30. The number of benzene rings is 2. The van der Waals surface area contributed by atoms with Crippen LogP contribution in [0.25, 0.3) is 0 Å². The number of fused-ring (bicyclic) bond motifs is 1. The maximum Gasteiger partial charge on any atom is 0.265 e. The molecule has 4 nitrogen and oxygen atoms in total. The molecule has 1 heterocycles. The lowest BCUT2D eigenvalue weighted by atomic mass is 10.1. The summed E-state index contributed by atoms with van der Waals surface area (Å²) >= 11 is 6.03. The summed E-state index contributed by atoms with van der Waals surface area (Å²) < 4.78 is 10.9. The standard InChI is InChI=1S/C16H14ClNO3/c1-20-15-5-3-2-4-13(15)18-9-11-8-12(17)6-7-14(11)21-10-16(18)19/h2-8H,9-10H2,1H3. The molecule has 1 amide bonds. The average Bonchev–Trinajstić information content (AvgIpc) is 2.66. The normalized spacial score (nSPS) is 14.2. The minimum absolute atomic E-state index is 0.00726. The molecule has 0 atom stereocenters. The number of anilines is 1. The van der Waals surface area contributed by atoms with Crippen LogP contribution in [0.2, 0.25) is 5.02 Å². The molecule has 5 heteroatoms. The van der Waals surface area contributed by atoms with Crippen LogP contribution in [-0.4, -0.2) is 19.6 Å². The minimum atomic E-state index is -0.119. The summed E-state index contributed by atoms with van der Waals surface area (Å²) in [5.41, 5.74) is 1.60. The number of nitrogens with zero attached hydrogens (tertiary/aromatic N) is 1. The van der Waals surface area contributed by atoms with E-state index in [4.69, 9.17) is 21.1 Å². The fourth-order valence-electron chi connectivity index (χ4n) is 2.36. The first-order valence-electron chi connectivity index (χ1n) is 6.53. The SMILES string of the molecule is COc1ccccc1N1Cc2cc(Cl)ccc2OCC1=O. The van der Waals surface area contributed by atoms with Crippen LogP contribution < -0.4 is 14.4 Å². The van der Waals surface area contributed by atoms with E-state index < -0.39 is 0 Å². The molecule has 0 unspecified atom stereocenters. The fraction of sp³-hybridized carbons (Fsp3) is 0.188. The van der Waals surface area contributed by atoms with Gasteiger partial charge in [-0.3, -0.25) is 4.79 Å². The Morgan fingerprint density at radius 1 is 1.24 bits per heavy atom. The van der Waals surface area contributed by atoms with Crippen LogP contribution in [0.4, 0.5) is 5.69 Å². The molecule has 1 aliphatic heterocycles. The molecule has 0 aromatic heterocycles. The number of halogens is 1. The highest BCUT2D eigenvalue weighted by Gasteiger charge is 2.25. The van der Waals surface area contributed by atoms with E-state index in [0.717, 1.165) is 11.3 Å². The predicted octanol–water partition coefficient (Wildman–Crippen LogP) is 3.27. The Morgan fingerprint density at radius 3 is 2.86 bits per heavy atom. The van der Waals surface area contributed by atoms with Crippen molar-refractivity contribution >= 4 is 23.2 Å². The Bertz CT molecular complexity index is 687. The second kappa shape index (κ2) is 5.66. The van der Waals surface area contributed by atoms with Gasteiger partial charge >= 0.3 is 0 Å². The van der Waals surface area contributed by atoms with Gasteiger partial charge in [-0.25, -0.2) is 0 Å². The summed E-state index contributed by atoms with van der Waals surface area (Å²) in [5.74, 6) is 1.22. The third kappa shape index (κ3) is 2.67. The number of carbonyl (C=O) groups excluding carboxylic acids is 1. The quantitative estimate of drug-likeness (QED) is 0.854. The minimum Gasteiger partial charge on any atom is -0.495 e. The molecular formula is C16H14ClNO3. The summed E-state index contributed by atoms with van der Waals surface area (Å²) in [5, 5.41) is 0.617. The molecule has 1 aliphatic rings. The molecule has 2 aromatic rings.